The summed E-state index contributed by atoms with van der Waals surface area (Å²) in [4.78, 5) is 20.8. The Bertz CT molecular complexity index is 844. The molecule has 3 rings (SSSR count). The van der Waals surface area contributed by atoms with Crippen molar-refractivity contribution in [1.82, 2.24) is 19.7 Å². The average Bonchev–Trinajstić information content (AvgIpc) is 3.11. The third-order valence-corrected chi connectivity index (χ3v) is 3.65. The zero-order valence-electron chi connectivity index (χ0n) is 14.1. The van der Waals surface area contributed by atoms with Gasteiger partial charge in [0.15, 0.2) is 0 Å². The summed E-state index contributed by atoms with van der Waals surface area (Å²) in [5, 5.41) is 7.47. The van der Waals surface area contributed by atoms with E-state index >= 15 is 0 Å². The van der Waals surface area contributed by atoms with Crippen molar-refractivity contribution in [2.24, 2.45) is 0 Å². The summed E-state index contributed by atoms with van der Waals surface area (Å²) in [6, 6.07) is 13.2. The molecule has 25 heavy (non-hydrogen) atoms. The lowest BCUT2D eigenvalue weighted by molar-refractivity contribution is 0.0895. The maximum Gasteiger partial charge on any atom is 0.249 e. The highest BCUT2D eigenvalue weighted by Crippen LogP contribution is 2.17. The van der Waals surface area contributed by atoms with Gasteiger partial charge >= 0.3 is 0 Å². The lowest BCUT2D eigenvalue weighted by atomic mass is 10.2. The quantitative estimate of drug-likeness (QED) is 0.744. The number of methoxy groups -OCH3 is 1. The van der Waals surface area contributed by atoms with Crippen molar-refractivity contribution >= 4 is 11.9 Å². The zero-order valence-corrected chi connectivity index (χ0v) is 14.1. The lowest BCUT2D eigenvalue weighted by Crippen LogP contribution is -2.15. The van der Waals surface area contributed by atoms with Crippen LogP contribution in [0, 0.1) is 0 Å². The SMILES string of the molecule is CCC(=O)n1nc(-c2ccccn2)nc1NCc1ccc(OC)cc1. The number of hydrogen-bond acceptors (Lipinski definition) is 6. The standard InChI is InChI=1S/C18H19N5O2/c1-3-16(24)23-18(20-12-13-7-9-14(25-2)10-8-13)21-17(22-23)15-6-4-5-11-19-15/h4-11H,3,12H2,1-2H3,(H,20,21,22). The number of nitrogens with zero attached hydrogens (tertiary/aromatic N) is 4. The molecule has 3 aromatic rings. The summed E-state index contributed by atoms with van der Waals surface area (Å²) in [5.74, 6) is 1.49. The van der Waals surface area contributed by atoms with Crippen LogP contribution in [-0.4, -0.2) is 32.8 Å². The number of carbonyl (C=O) groups is 1. The number of aromatic nitrogens is 4. The van der Waals surface area contributed by atoms with Crippen molar-refractivity contribution in [2.75, 3.05) is 12.4 Å². The fraction of sp³-hybridized carbons (Fsp3) is 0.222. The highest BCUT2D eigenvalue weighted by molar-refractivity contribution is 5.81. The van der Waals surface area contributed by atoms with Crippen LogP contribution in [-0.2, 0) is 6.54 Å². The van der Waals surface area contributed by atoms with Gasteiger partial charge in [0.25, 0.3) is 0 Å². The second kappa shape index (κ2) is 7.57. The van der Waals surface area contributed by atoms with Gasteiger partial charge in [-0.05, 0) is 29.8 Å². The van der Waals surface area contributed by atoms with Crippen LogP contribution in [0.1, 0.15) is 23.7 Å². The third kappa shape index (κ3) is 3.82. The first-order valence-electron chi connectivity index (χ1n) is 7.99. The molecular formula is C18H19N5O2. The molecule has 0 radical (unpaired) electrons. The van der Waals surface area contributed by atoms with E-state index in [9.17, 15) is 4.79 Å². The minimum absolute atomic E-state index is 0.132. The Kier molecular flexibility index (Phi) is 5.03. The Morgan fingerprint density at radius 1 is 1.20 bits per heavy atom. The first kappa shape index (κ1) is 16.6. The monoisotopic (exact) mass is 337 g/mol. The highest BCUT2D eigenvalue weighted by atomic mass is 16.5. The Hall–Kier alpha value is -3.22. The van der Waals surface area contributed by atoms with E-state index in [0.717, 1.165) is 11.3 Å². The predicted octanol–water partition coefficient (Wildman–Crippen LogP) is 3.01. The van der Waals surface area contributed by atoms with Crippen molar-refractivity contribution in [3.63, 3.8) is 0 Å². The molecule has 1 aromatic carbocycles. The summed E-state index contributed by atoms with van der Waals surface area (Å²) in [5.41, 5.74) is 1.66. The number of ether oxygens (including phenoxy) is 1. The average molecular weight is 337 g/mol. The van der Waals surface area contributed by atoms with E-state index in [4.69, 9.17) is 4.74 Å². The Morgan fingerprint density at radius 2 is 2.00 bits per heavy atom. The molecule has 0 atom stereocenters. The maximum absolute atomic E-state index is 12.2. The van der Waals surface area contributed by atoms with Crippen LogP contribution in [0.15, 0.2) is 48.7 Å². The minimum Gasteiger partial charge on any atom is -0.497 e. The number of rotatable bonds is 6. The van der Waals surface area contributed by atoms with E-state index in [2.05, 4.69) is 20.4 Å². The van der Waals surface area contributed by atoms with Crippen LogP contribution in [0.25, 0.3) is 11.5 Å². The van der Waals surface area contributed by atoms with E-state index in [1.54, 1.807) is 20.2 Å². The Labute approximate surface area is 145 Å². The van der Waals surface area contributed by atoms with Gasteiger partial charge in [-0.3, -0.25) is 9.78 Å². The van der Waals surface area contributed by atoms with Gasteiger partial charge in [-0.25, -0.2) is 0 Å². The van der Waals surface area contributed by atoms with Crippen LogP contribution in [0.2, 0.25) is 0 Å². The van der Waals surface area contributed by atoms with Crippen LogP contribution in [0.5, 0.6) is 5.75 Å². The van der Waals surface area contributed by atoms with Crippen LogP contribution in [0.4, 0.5) is 5.95 Å². The molecule has 0 bridgehead atoms. The van der Waals surface area contributed by atoms with Crippen molar-refractivity contribution in [2.45, 2.75) is 19.9 Å². The van der Waals surface area contributed by atoms with Crippen molar-refractivity contribution in [1.29, 1.82) is 0 Å². The molecule has 7 heteroatoms. The predicted molar refractivity (Wildman–Crippen MR) is 94.5 cm³/mol. The Balaban J connectivity index is 1.83. The normalized spacial score (nSPS) is 10.5. The molecule has 128 valence electrons. The molecule has 0 spiro atoms. The van der Waals surface area contributed by atoms with E-state index in [-0.39, 0.29) is 5.91 Å². The van der Waals surface area contributed by atoms with Crippen molar-refractivity contribution in [3.05, 3.63) is 54.2 Å². The van der Waals surface area contributed by atoms with Gasteiger partial charge in [-0.1, -0.05) is 25.1 Å². The first-order valence-corrected chi connectivity index (χ1v) is 7.99. The summed E-state index contributed by atoms with van der Waals surface area (Å²) in [6.07, 6.45) is 2.00. The zero-order chi connectivity index (χ0) is 17.6. The number of pyridine rings is 1. The summed E-state index contributed by atoms with van der Waals surface area (Å²) in [6.45, 7) is 2.30. The number of anilines is 1. The van der Waals surface area contributed by atoms with Crippen LogP contribution in [0.3, 0.4) is 0 Å². The van der Waals surface area contributed by atoms with E-state index in [1.807, 2.05) is 42.5 Å². The summed E-state index contributed by atoms with van der Waals surface area (Å²) < 4.78 is 6.45. The molecule has 0 aliphatic rings. The van der Waals surface area contributed by atoms with E-state index in [1.165, 1.54) is 4.68 Å². The fourth-order valence-electron chi connectivity index (χ4n) is 2.28. The molecule has 0 fully saturated rings. The van der Waals surface area contributed by atoms with Crippen LogP contribution < -0.4 is 10.1 Å². The smallest absolute Gasteiger partial charge is 0.249 e. The molecule has 0 saturated carbocycles. The molecule has 1 N–H and O–H groups in total. The largest absolute Gasteiger partial charge is 0.497 e. The first-order chi connectivity index (χ1) is 12.2. The number of carbonyl (C=O) groups excluding carboxylic acids is 1. The van der Waals surface area contributed by atoms with Gasteiger partial charge in [0, 0.05) is 19.2 Å². The van der Waals surface area contributed by atoms with Gasteiger partial charge in [0.1, 0.15) is 11.4 Å². The number of nitrogens with one attached hydrogen (secondary N) is 1. The van der Waals surface area contributed by atoms with Crippen LogP contribution >= 0.6 is 0 Å². The summed E-state index contributed by atoms with van der Waals surface area (Å²) in [7, 11) is 1.63. The highest BCUT2D eigenvalue weighted by Gasteiger charge is 2.16. The third-order valence-electron chi connectivity index (χ3n) is 3.65. The molecular weight excluding hydrogens is 318 g/mol. The second-order valence-corrected chi connectivity index (χ2v) is 5.33. The van der Waals surface area contributed by atoms with Gasteiger partial charge in [-0.2, -0.15) is 9.67 Å². The molecule has 0 amide bonds. The van der Waals surface area contributed by atoms with Gasteiger partial charge < -0.3 is 10.1 Å². The second-order valence-electron chi connectivity index (χ2n) is 5.33. The topological polar surface area (TPSA) is 81.9 Å². The molecule has 0 aliphatic carbocycles. The van der Waals surface area contributed by atoms with E-state index < -0.39 is 0 Å². The lowest BCUT2D eigenvalue weighted by Gasteiger charge is -2.07. The van der Waals surface area contributed by atoms with Crippen molar-refractivity contribution in [3.8, 4) is 17.3 Å². The van der Waals surface area contributed by atoms with Gasteiger partial charge in [0.2, 0.25) is 17.7 Å². The minimum atomic E-state index is -0.132. The molecule has 2 heterocycles. The van der Waals surface area contributed by atoms with Gasteiger partial charge in [0.05, 0.1) is 7.11 Å². The maximum atomic E-state index is 12.2. The molecule has 7 nitrogen and oxygen atoms in total. The van der Waals surface area contributed by atoms with Gasteiger partial charge in [-0.15, -0.1) is 5.10 Å². The van der Waals surface area contributed by atoms with E-state index in [0.29, 0.717) is 30.4 Å². The molecule has 0 unspecified atom stereocenters. The Morgan fingerprint density at radius 3 is 2.64 bits per heavy atom. The number of hydrogen-bond donors (Lipinski definition) is 1. The fourth-order valence-corrected chi connectivity index (χ4v) is 2.28. The summed E-state index contributed by atoms with van der Waals surface area (Å²) >= 11 is 0. The molecule has 0 saturated heterocycles. The number of benzene rings is 1. The molecule has 2 aromatic heterocycles. The molecule has 0 aliphatic heterocycles. The van der Waals surface area contributed by atoms with Crippen molar-refractivity contribution < 1.29 is 9.53 Å².